The van der Waals surface area contributed by atoms with Crippen LogP contribution < -0.4 is 19.1 Å². The number of methoxy groups -OCH3 is 1. The highest BCUT2D eigenvalue weighted by atomic mass is 32.2. The molecule has 0 radical (unpaired) electrons. The van der Waals surface area contributed by atoms with Crippen molar-refractivity contribution >= 4 is 27.3 Å². The molecule has 0 atom stereocenters. The lowest BCUT2D eigenvalue weighted by Gasteiger charge is -2.25. The van der Waals surface area contributed by atoms with Crippen molar-refractivity contribution in [2.24, 2.45) is 0 Å². The normalized spacial score (nSPS) is 11.1. The standard InChI is InChI=1S/C24H24F2N2O5S/c1-4-33-18-11-9-17(10-12-18)28(15-23(29)27-24-19(25)6-5-7-20(24)26)34(30,31)22-14-16(2)8-13-21(22)32-3/h5-14H,4,15H2,1-3H3,(H,27,29). The van der Waals surface area contributed by atoms with Crippen LogP contribution in [-0.2, 0) is 14.8 Å². The number of aryl methyl sites for hydroxylation is 1. The second-order valence-corrected chi connectivity index (χ2v) is 9.07. The molecule has 0 aliphatic rings. The van der Waals surface area contributed by atoms with Gasteiger partial charge in [-0.15, -0.1) is 0 Å². The Hall–Kier alpha value is -3.66. The van der Waals surface area contributed by atoms with Gasteiger partial charge in [-0.1, -0.05) is 12.1 Å². The molecule has 7 nitrogen and oxygen atoms in total. The number of sulfonamides is 1. The molecule has 0 unspecified atom stereocenters. The van der Waals surface area contributed by atoms with E-state index >= 15 is 0 Å². The number of hydrogen-bond donors (Lipinski definition) is 1. The van der Waals surface area contributed by atoms with Crippen LogP contribution in [-0.4, -0.2) is 34.6 Å². The quantitative estimate of drug-likeness (QED) is 0.477. The Balaban J connectivity index is 2.04. The summed E-state index contributed by atoms with van der Waals surface area (Å²) in [6.45, 7) is 3.19. The van der Waals surface area contributed by atoms with Crippen LogP contribution in [0.4, 0.5) is 20.2 Å². The summed E-state index contributed by atoms with van der Waals surface area (Å²) >= 11 is 0. The van der Waals surface area contributed by atoms with Gasteiger partial charge in [0.25, 0.3) is 10.0 Å². The molecule has 0 aromatic heterocycles. The number of amides is 1. The van der Waals surface area contributed by atoms with Gasteiger partial charge in [-0.3, -0.25) is 9.10 Å². The van der Waals surface area contributed by atoms with Crippen molar-refractivity contribution in [3.8, 4) is 11.5 Å². The van der Waals surface area contributed by atoms with E-state index in [1.165, 1.54) is 31.4 Å². The lowest BCUT2D eigenvalue weighted by Crippen LogP contribution is -2.38. The molecule has 10 heteroatoms. The molecular formula is C24H24F2N2O5S. The minimum atomic E-state index is -4.33. The smallest absolute Gasteiger partial charge is 0.268 e. The average molecular weight is 491 g/mol. The second-order valence-electron chi connectivity index (χ2n) is 7.24. The molecule has 0 aliphatic heterocycles. The minimum absolute atomic E-state index is 0.0853. The van der Waals surface area contributed by atoms with Crippen molar-refractivity contribution in [1.29, 1.82) is 0 Å². The number of carbonyl (C=O) groups is 1. The number of ether oxygens (including phenoxy) is 2. The Morgan fingerprint density at radius 2 is 1.68 bits per heavy atom. The first-order chi connectivity index (χ1) is 16.2. The maximum absolute atomic E-state index is 14.0. The number of benzene rings is 3. The Morgan fingerprint density at radius 1 is 1.03 bits per heavy atom. The number of halogens is 2. The highest BCUT2D eigenvalue weighted by Gasteiger charge is 2.30. The first-order valence-electron chi connectivity index (χ1n) is 10.3. The monoisotopic (exact) mass is 490 g/mol. The van der Waals surface area contributed by atoms with E-state index in [1.54, 1.807) is 32.0 Å². The molecule has 3 aromatic carbocycles. The number of nitrogens with zero attached hydrogens (tertiary/aromatic N) is 1. The zero-order valence-corrected chi connectivity index (χ0v) is 19.7. The van der Waals surface area contributed by atoms with Crippen LogP contribution in [0.15, 0.2) is 65.6 Å². The molecule has 1 amide bonds. The van der Waals surface area contributed by atoms with Crippen LogP contribution in [0.5, 0.6) is 11.5 Å². The van der Waals surface area contributed by atoms with Gasteiger partial charge in [0.05, 0.1) is 19.4 Å². The fourth-order valence-electron chi connectivity index (χ4n) is 3.22. The molecule has 34 heavy (non-hydrogen) atoms. The van der Waals surface area contributed by atoms with E-state index in [9.17, 15) is 22.0 Å². The predicted octanol–water partition coefficient (Wildman–Crippen LogP) is 4.51. The van der Waals surface area contributed by atoms with E-state index in [0.29, 0.717) is 17.9 Å². The van der Waals surface area contributed by atoms with Crippen molar-refractivity contribution in [3.63, 3.8) is 0 Å². The second kappa shape index (κ2) is 10.5. The zero-order chi connectivity index (χ0) is 24.9. The first-order valence-corrected chi connectivity index (χ1v) is 11.8. The molecule has 1 N–H and O–H groups in total. The summed E-state index contributed by atoms with van der Waals surface area (Å²) in [7, 11) is -3.00. The van der Waals surface area contributed by atoms with Gasteiger partial charge in [0.15, 0.2) is 0 Å². The number of nitrogens with one attached hydrogen (secondary N) is 1. The van der Waals surface area contributed by atoms with Crippen molar-refractivity contribution in [3.05, 3.63) is 77.9 Å². The molecule has 0 fully saturated rings. The topological polar surface area (TPSA) is 84.9 Å². The van der Waals surface area contributed by atoms with Crippen molar-refractivity contribution in [2.75, 3.05) is 29.9 Å². The van der Waals surface area contributed by atoms with Gasteiger partial charge in [-0.25, -0.2) is 17.2 Å². The largest absolute Gasteiger partial charge is 0.495 e. The molecular weight excluding hydrogens is 466 g/mol. The van der Waals surface area contributed by atoms with Crippen LogP contribution in [0, 0.1) is 18.6 Å². The van der Waals surface area contributed by atoms with Gasteiger partial charge in [-0.05, 0) is 67.9 Å². The van der Waals surface area contributed by atoms with Gasteiger partial charge < -0.3 is 14.8 Å². The summed E-state index contributed by atoms with van der Waals surface area (Å²) in [5.41, 5.74) is 0.143. The third-order valence-electron chi connectivity index (χ3n) is 4.84. The molecule has 0 bridgehead atoms. The van der Waals surface area contributed by atoms with Crippen LogP contribution in [0.2, 0.25) is 0 Å². The van der Waals surface area contributed by atoms with Crippen molar-refractivity contribution in [1.82, 2.24) is 0 Å². The van der Waals surface area contributed by atoms with Gasteiger partial charge in [0.1, 0.15) is 40.3 Å². The van der Waals surface area contributed by atoms with E-state index in [2.05, 4.69) is 5.32 Å². The van der Waals surface area contributed by atoms with Gasteiger partial charge >= 0.3 is 0 Å². The highest BCUT2D eigenvalue weighted by molar-refractivity contribution is 7.93. The fraction of sp³-hybridized carbons (Fsp3) is 0.208. The summed E-state index contributed by atoms with van der Waals surface area (Å²) in [5, 5.41) is 2.12. The van der Waals surface area contributed by atoms with Gasteiger partial charge in [0.2, 0.25) is 5.91 Å². The maximum Gasteiger partial charge on any atom is 0.268 e. The van der Waals surface area contributed by atoms with Crippen LogP contribution in [0.3, 0.4) is 0 Å². The number of hydrogen-bond acceptors (Lipinski definition) is 5. The van der Waals surface area contributed by atoms with E-state index in [-0.39, 0.29) is 16.3 Å². The molecule has 0 saturated carbocycles. The predicted molar refractivity (Wildman–Crippen MR) is 125 cm³/mol. The van der Waals surface area contributed by atoms with Crippen molar-refractivity contribution in [2.45, 2.75) is 18.7 Å². The lowest BCUT2D eigenvalue weighted by molar-refractivity contribution is -0.114. The molecule has 3 aromatic rings. The van der Waals surface area contributed by atoms with E-state index in [1.807, 2.05) is 0 Å². The molecule has 0 spiro atoms. The maximum atomic E-state index is 14.0. The Morgan fingerprint density at radius 3 is 2.26 bits per heavy atom. The summed E-state index contributed by atoms with van der Waals surface area (Å²) in [4.78, 5) is 12.6. The Bertz CT molecular complexity index is 1260. The molecule has 3 rings (SSSR count). The fourth-order valence-corrected chi connectivity index (χ4v) is 4.89. The minimum Gasteiger partial charge on any atom is -0.495 e. The molecule has 0 saturated heterocycles. The Labute approximate surface area is 197 Å². The third-order valence-corrected chi connectivity index (χ3v) is 6.63. The summed E-state index contributed by atoms with van der Waals surface area (Å²) in [5.74, 6) is -2.31. The summed E-state index contributed by atoms with van der Waals surface area (Å²) in [6.07, 6.45) is 0. The zero-order valence-electron chi connectivity index (χ0n) is 18.8. The molecule has 0 aliphatic carbocycles. The first kappa shape index (κ1) is 25.0. The number of anilines is 2. The lowest BCUT2D eigenvalue weighted by atomic mass is 10.2. The Kier molecular flexibility index (Phi) is 7.72. The van der Waals surface area contributed by atoms with Crippen LogP contribution in [0.25, 0.3) is 0 Å². The van der Waals surface area contributed by atoms with Gasteiger partial charge in [0, 0.05) is 0 Å². The number of para-hydroxylation sites is 1. The van der Waals surface area contributed by atoms with Crippen LogP contribution >= 0.6 is 0 Å². The summed E-state index contributed by atoms with van der Waals surface area (Å²) in [6, 6.07) is 13.8. The molecule has 180 valence electrons. The van der Waals surface area contributed by atoms with E-state index in [4.69, 9.17) is 9.47 Å². The SMILES string of the molecule is CCOc1ccc(N(CC(=O)Nc2c(F)cccc2F)S(=O)(=O)c2cc(C)ccc2OC)cc1. The third kappa shape index (κ3) is 5.45. The van der Waals surface area contributed by atoms with Crippen LogP contribution in [0.1, 0.15) is 12.5 Å². The highest BCUT2D eigenvalue weighted by Crippen LogP contribution is 2.32. The average Bonchev–Trinajstić information content (AvgIpc) is 2.81. The number of carbonyl (C=O) groups excluding carboxylic acids is 1. The molecule has 0 heterocycles. The van der Waals surface area contributed by atoms with E-state index in [0.717, 1.165) is 22.5 Å². The van der Waals surface area contributed by atoms with Gasteiger partial charge in [-0.2, -0.15) is 0 Å². The van der Waals surface area contributed by atoms with Crippen molar-refractivity contribution < 1.29 is 31.5 Å². The number of rotatable bonds is 9. The summed E-state index contributed by atoms with van der Waals surface area (Å²) < 4.78 is 66.9. The van der Waals surface area contributed by atoms with E-state index < -0.39 is 39.8 Å².